The number of benzene rings is 1. The van der Waals surface area contributed by atoms with Crippen LogP contribution < -0.4 is 0 Å². The first-order valence-corrected chi connectivity index (χ1v) is 7.11. The fourth-order valence-electron chi connectivity index (χ4n) is 2.77. The maximum atomic E-state index is 12.8. The monoisotopic (exact) mass is 285 g/mol. The Bertz CT molecular complexity index is 623. The van der Waals surface area contributed by atoms with E-state index in [1.54, 1.807) is 6.92 Å². The zero-order valence-electron chi connectivity index (χ0n) is 12.3. The number of aromatic nitrogens is 1. The quantitative estimate of drug-likeness (QED) is 0.848. The minimum atomic E-state index is -0.0526. The zero-order valence-corrected chi connectivity index (χ0v) is 12.3. The molecular weight excluding hydrogens is 266 g/mol. The molecule has 1 unspecified atom stereocenters. The van der Waals surface area contributed by atoms with Crippen LogP contribution in [0.2, 0.25) is 0 Å². The third kappa shape index (κ3) is 2.69. The molecule has 1 amide bonds. The summed E-state index contributed by atoms with van der Waals surface area (Å²) < 4.78 is 5.17. The molecule has 1 fully saturated rings. The van der Waals surface area contributed by atoms with Crippen molar-refractivity contribution >= 4 is 5.91 Å². The first kappa shape index (κ1) is 13.8. The third-order valence-corrected chi connectivity index (χ3v) is 3.98. The van der Waals surface area contributed by atoms with Crippen LogP contribution in [0.1, 0.15) is 27.9 Å². The van der Waals surface area contributed by atoms with Gasteiger partial charge in [0.1, 0.15) is 5.76 Å². The second-order valence-electron chi connectivity index (χ2n) is 5.44. The first-order valence-electron chi connectivity index (χ1n) is 7.11. The second kappa shape index (κ2) is 5.69. The number of aryl methyl sites for hydroxylation is 1. The van der Waals surface area contributed by atoms with Gasteiger partial charge in [0.2, 0.25) is 0 Å². The maximum Gasteiger partial charge on any atom is 0.276 e. The van der Waals surface area contributed by atoms with Crippen LogP contribution in [0.15, 0.2) is 41.1 Å². The molecule has 2 heterocycles. The highest BCUT2D eigenvalue weighted by Gasteiger charge is 2.32. The predicted octanol–water partition coefficient (Wildman–Crippen LogP) is 2.11. The number of rotatable bonds is 2. The van der Waals surface area contributed by atoms with Crippen LogP contribution in [0, 0.1) is 6.92 Å². The van der Waals surface area contributed by atoms with Crippen molar-refractivity contribution in [1.29, 1.82) is 0 Å². The van der Waals surface area contributed by atoms with Crippen molar-refractivity contribution in [3.63, 3.8) is 0 Å². The van der Waals surface area contributed by atoms with E-state index in [0.717, 1.165) is 18.7 Å². The Labute approximate surface area is 124 Å². The average molecular weight is 285 g/mol. The molecule has 0 bridgehead atoms. The molecule has 1 aromatic carbocycles. The van der Waals surface area contributed by atoms with Gasteiger partial charge in [0, 0.05) is 19.6 Å². The molecule has 1 atom stereocenters. The van der Waals surface area contributed by atoms with Gasteiger partial charge in [-0.2, -0.15) is 0 Å². The minimum absolute atomic E-state index is 0.0496. The highest BCUT2D eigenvalue weighted by atomic mass is 16.3. The van der Waals surface area contributed by atoms with E-state index >= 15 is 0 Å². The number of amides is 1. The number of hydrogen-bond acceptors (Lipinski definition) is 4. The first-order chi connectivity index (χ1) is 10.2. The summed E-state index contributed by atoms with van der Waals surface area (Å²) in [6.45, 7) is 4.16. The Morgan fingerprint density at radius 3 is 2.71 bits per heavy atom. The van der Waals surface area contributed by atoms with Gasteiger partial charge in [-0.25, -0.2) is 4.98 Å². The molecule has 21 heavy (non-hydrogen) atoms. The van der Waals surface area contributed by atoms with Crippen LogP contribution in [-0.4, -0.2) is 47.4 Å². The fraction of sp³-hybridized carbons (Fsp3) is 0.375. The van der Waals surface area contributed by atoms with E-state index < -0.39 is 0 Å². The Kier molecular flexibility index (Phi) is 3.75. The smallest absolute Gasteiger partial charge is 0.276 e. The summed E-state index contributed by atoms with van der Waals surface area (Å²) in [7, 11) is 2.08. The summed E-state index contributed by atoms with van der Waals surface area (Å²) in [5, 5.41) is 0. The van der Waals surface area contributed by atoms with Gasteiger partial charge in [-0.1, -0.05) is 30.3 Å². The molecule has 5 nitrogen and oxygen atoms in total. The lowest BCUT2D eigenvalue weighted by Gasteiger charge is -2.40. The molecule has 1 aliphatic rings. The summed E-state index contributed by atoms with van der Waals surface area (Å²) in [4.78, 5) is 21.0. The van der Waals surface area contributed by atoms with Crippen molar-refractivity contribution in [3.05, 3.63) is 53.7 Å². The van der Waals surface area contributed by atoms with Gasteiger partial charge in [0.25, 0.3) is 5.91 Å². The van der Waals surface area contributed by atoms with E-state index in [4.69, 9.17) is 4.42 Å². The van der Waals surface area contributed by atoms with E-state index in [-0.39, 0.29) is 11.9 Å². The van der Waals surface area contributed by atoms with Crippen molar-refractivity contribution < 1.29 is 9.21 Å². The zero-order chi connectivity index (χ0) is 14.8. The molecule has 110 valence electrons. The lowest BCUT2D eigenvalue weighted by atomic mass is 10.0. The number of carbonyl (C=O) groups is 1. The molecule has 0 aliphatic carbocycles. The molecule has 0 radical (unpaired) electrons. The summed E-state index contributed by atoms with van der Waals surface area (Å²) in [6, 6.07) is 10.2. The van der Waals surface area contributed by atoms with Crippen molar-refractivity contribution in [2.45, 2.75) is 13.0 Å². The second-order valence-corrected chi connectivity index (χ2v) is 5.44. The third-order valence-electron chi connectivity index (χ3n) is 3.98. The van der Waals surface area contributed by atoms with E-state index in [1.807, 2.05) is 23.1 Å². The number of hydrogen-bond donors (Lipinski definition) is 0. The highest BCUT2D eigenvalue weighted by molar-refractivity contribution is 5.93. The van der Waals surface area contributed by atoms with Gasteiger partial charge in [-0.3, -0.25) is 4.79 Å². The molecule has 0 saturated carbocycles. The number of piperazine rings is 1. The van der Waals surface area contributed by atoms with Gasteiger partial charge in [-0.05, 0) is 19.5 Å². The largest absolute Gasteiger partial charge is 0.448 e. The van der Waals surface area contributed by atoms with Gasteiger partial charge in [0.15, 0.2) is 12.1 Å². The molecule has 1 aromatic heterocycles. The van der Waals surface area contributed by atoms with E-state index in [1.165, 1.54) is 6.39 Å². The Morgan fingerprint density at radius 1 is 1.29 bits per heavy atom. The Balaban J connectivity index is 1.91. The molecule has 0 N–H and O–H groups in total. The Hall–Kier alpha value is -2.14. The van der Waals surface area contributed by atoms with E-state index in [0.29, 0.717) is 18.0 Å². The standard InChI is InChI=1S/C16H19N3O2/c1-12-15(17-11-21-12)16(20)19-9-8-18(2)10-14(19)13-6-4-3-5-7-13/h3-7,11,14H,8-10H2,1-2H3. The minimum Gasteiger partial charge on any atom is -0.448 e. The van der Waals surface area contributed by atoms with Crippen LogP contribution in [0.3, 0.4) is 0 Å². The van der Waals surface area contributed by atoms with Gasteiger partial charge in [0.05, 0.1) is 6.04 Å². The van der Waals surface area contributed by atoms with Crippen LogP contribution in [-0.2, 0) is 0 Å². The molecule has 1 saturated heterocycles. The molecule has 2 aromatic rings. The number of nitrogens with zero attached hydrogens (tertiary/aromatic N) is 3. The molecule has 0 spiro atoms. The van der Waals surface area contributed by atoms with E-state index in [2.05, 4.69) is 29.1 Å². The fourth-order valence-corrected chi connectivity index (χ4v) is 2.77. The summed E-state index contributed by atoms with van der Waals surface area (Å²) in [5.74, 6) is 0.522. The molecule has 5 heteroatoms. The Morgan fingerprint density at radius 2 is 2.05 bits per heavy atom. The van der Waals surface area contributed by atoms with Crippen LogP contribution in [0.25, 0.3) is 0 Å². The molecule has 1 aliphatic heterocycles. The lowest BCUT2D eigenvalue weighted by molar-refractivity contribution is 0.0491. The highest BCUT2D eigenvalue weighted by Crippen LogP contribution is 2.26. The topological polar surface area (TPSA) is 49.6 Å². The average Bonchev–Trinajstić information content (AvgIpc) is 2.93. The van der Waals surface area contributed by atoms with E-state index in [9.17, 15) is 4.79 Å². The summed E-state index contributed by atoms with van der Waals surface area (Å²) in [5.41, 5.74) is 1.57. The number of likely N-dealkylation sites (N-methyl/N-ethyl adjacent to an activating group) is 1. The van der Waals surface area contributed by atoms with Crippen LogP contribution in [0.5, 0.6) is 0 Å². The van der Waals surface area contributed by atoms with Crippen molar-refractivity contribution in [3.8, 4) is 0 Å². The summed E-state index contributed by atoms with van der Waals surface area (Å²) in [6.07, 6.45) is 1.33. The summed E-state index contributed by atoms with van der Waals surface area (Å²) >= 11 is 0. The van der Waals surface area contributed by atoms with Crippen molar-refractivity contribution in [1.82, 2.24) is 14.8 Å². The maximum absolute atomic E-state index is 12.8. The number of oxazole rings is 1. The van der Waals surface area contributed by atoms with Crippen LogP contribution in [0.4, 0.5) is 0 Å². The molecule has 3 rings (SSSR count). The molecular formula is C16H19N3O2. The number of carbonyl (C=O) groups excluding carboxylic acids is 1. The van der Waals surface area contributed by atoms with Gasteiger partial charge in [-0.15, -0.1) is 0 Å². The normalized spacial score (nSPS) is 19.7. The lowest BCUT2D eigenvalue weighted by Crippen LogP contribution is -2.49. The van der Waals surface area contributed by atoms with Crippen molar-refractivity contribution in [2.75, 3.05) is 26.7 Å². The SMILES string of the molecule is Cc1ocnc1C(=O)N1CCN(C)CC1c1ccccc1. The van der Waals surface area contributed by atoms with Gasteiger partial charge < -0.3 is 14.2 Å². The van der Waals surface area contributed by atoms with Crippen molar-refractivity contribution in [2.24, 2.45) is 0 Å². The van der Waals surface area contributed by atoms with Crippen LogP contribution >= 0.6 is 0 Å². The predicted molar refractivity (Wildman–Crippen MR) is 79.0 cm³/mol. The van der Waals surface area contributed by atoms with Gasteiger partial charge >= 0.3 is 0 Å².